The van der Waals surface area contributed by atoms with E-state index in [0.717, 1.165) is 0 Å². The minimum Gasteiger partial charge on any atom is -0.294 e. The molecule has 0 aliphatic rings. The molecule has 1 N–H and O–H groups in total. The molecule has 0 bridgehead atoms. The lowest BCUT2D eigenvalue weighted by Crippen LogP contribution is -2.24. The van der Waals surface area contributed by atoms with Gasteiger partial charge in [0.05, 0.1) is 0 Å². The van der Waals surface area contributed by atoms with Crippen molar-refractivity contribution in [2.75, 3.05) is 13.1 Å². The Hall–Kier alpha value is 0.0700. The van der Waals surface area contributed by atoms with Crippen LogP contribution >= 0.6 is 0 Å². The summed E-state index contributed by atoms with van der Waals surface area (Å²) in [6, 6.07) is 0. The highest BCUT2D eigenvalue weighted by Crippen LogP contribution is 1.87. The van der Waals surface area contributed by atoms with Gasteiger partial charge >= 0.3 is 0 Å². The topological polar surface area (TPSA) is 40.5 Å². The normalized spacial score (nSPS) is 14.5. The summed E-state index contributed by atoms with van der Waals surface area (Å²) >= 11 is -1.77. The standard InChI is InChI=1S/C4H11NO2S/c1-3-5(4-2)8(6)7/h3-4H2,1-2H3,(H,6,7). The maximum atomic E-state index is 10.2. The molecule has 4 heteroatoms. The van der Waals surface area contributed by atoms with Gasteiger partial charge in [-0.1, -0.05) is 13.8 Å². The Morgan fingerprint density at radius 2 is 1.88 bits per heavy atom. The van der Waals surface area contributed by atoms with Crippen molar-refractivity contribution < 1.29 is 8.76 Å². The van der Waals surface area contributed by atoms with Gasteiger partial charge in [-0.05, 0) is 0 Å². The van der Waals surface area contributed by atoms with Crippen LogP contribution in [0.15, 0.2) is 0 Å². The average Bonchev–Trinajstić information content (AvgIpc) is 1.69. The van der Waals surface area contributed by atoms with E-state index in [1.54, 1.807) is 0 Å². The van der Waals surface area contributed by atoms with Gasteiger partial charge in [-0.15, -0.1) is 0 Å². The maximum Gasteiger partial charge on any atom is 0.234 e. The van der Waals surface area contributed by atoms with E-state index in [4.69, 9.17) is 4.55 Å². The molecule has 0 aromatic heterocycles. The van der Waals surface area contributed by atoms with E-state index in [9.17, 15) is 4.21 Å². The van der Waals surface area contributed by atoms with E-state index in [2.05, 4.69) is 0 Å². The van der Waals surface area contributed by atoms with Crippen LogP contribution in [-0.2, 0) is 11.3 Å². The van der Waals surface area contributed by atoms with Crippen molar-refractivity contribution in [3.63, 3.8) is 0 Å². The molecule has 0 aromatic carbocycles. The van der Waals surface area contributed by atoms with Crippen LogP contribution in [0.2, 0.25) is 0 Å². The van der Waals surface area contributed by atoms with Gasteiger partial charge in [0.25, 0.3) is 0 Å². The molecule has 0 fully saturated rings. The lowest BCUT2D eigenvalue weighted by molar-refractivity contribution is 0.426. The molecule has 8 heavy (non-hydrogen) atoms. The van der Waals surface area contributed by atoms with Gasteiger partial charge in [0.2, 0.25) is 11.3 Å². The van der Waals surface area contributed by atoms with Crippen molar-refractivity contribution in [2.24, 2.45) is 0 Å². The Bertz CT molecular complexity index is 82.1. The Labute approximate surface area is 52.1 Å². The second-order valence-corrected chi connectivity index (χ2v) is 2.32. The first kappa shape index (κ1) is 8.07. The van der Waals surface area contributed by atoms with Gasteiger partial charge < -0.3 is 0 Å². The first-order valence-electron chi connectivity index (χ1n) is 2.58. The van der Waals surface area contributed by atoms with Gasteiger partial charge in [-0.2, -0.15) is 0 Å². The van der Waals surface area contributed by atoms with E-state index in [1.807, 2.05) is 13.8 Å². The van der Waals surface area contributed by atoms with Crippen LogP contribution in [0.25, 0.3) is 0 Å². The molecule has 0 aliphatic heterocycles. The number of rotatable bonds is 3. The van der Waals surface area contributed by atoms with Crippen LogP contribution in [-0.4, -0.2) is 26.2 Å². The summed E-state index contributed by atoms with van der Waals surface area (Å²) < 4.78 is 20.1. The lowest BCUT2D eigenvalue weighted by Gasteiger charge is -2.10. The quantitative estimate of drug-likeness (QED) is 0.574. The summed E-state index contributed by atoms with van der Waals surface area (Å²) in [5.74, 6) is 0. The molecule has 0 radical (unpaired) electrons. The third-order valence-electron chi connectivity index (χ3n) is 0.926. The van der Waals surface area contributed by atoms with Crippen molar-refractivity contribution >= 4 is 11.3 Å². The Morgan fingerprint density at radius 3 is 1.88 bits per heavy atom. The summed E-state index contributed by atoms with van der Waals surface area (Å²) in [5.41, 5.74) is 0. The predicted octanol–water partition coefficient (Wildman–Crippen LogP) is 0.465. The van der Waals surface area contributed by atoms with E-state index in [1.165, 1.54) is 4.31 Å². The molecule has 1 unspecified atom stereocenters. The van der Waals surface area contributed by atoms with Crippen LogP contribution in [0.3, 0.4) is 0 Å². The molecule has 50 valence electrons. The molecule has 0 aromatic rings. The van der Waals surface area contributed by atoms with E-state index in [-0.39, 0.29) is 0 Å². The van der Waals surface area contributed by atoms with Crippen LogP contribution in [0, 0.1) is 0 Å². The average molecular weight is 137 g/mol. The molecule has 0 spiro atoms. The van der Waals surface area contributed by atoms with Crippen molar-refractivity contribution in [3.8, 4) is 0 Å². The molecule has 0 saturated carbocycles. The molecule has 1 atom stereocenters. The van der Waals surface area contributed by atoms with Gasteiger partial charge in [0.1, 0.15) is 0 Å². The molecule has 0 rings (SSSR count). The zero-order valence-electron chi connectivity index (χ0n) is 5.13. The minimum absolute atomic E-state index is 0.625. The molecular formula is C4H11NO2S. The minimum atomic E-state index is -1.77. The van der Waals surface area contributed by atoms with Crippen LogP contribution in [0.5, 0.6) is 0 Å². The van der Waals surface area contributed by atoms with Gasteiger partial charge in [0, 0.05) is 13.1 Å². The predicted molar refractivity (Wildman–Crippen MR) is 33.7 cm³/mol. The molecular weight excluding hydrogens is 126 g/mol. The second-order valence-electron chi connectivity index (χ2n) is 1.34. The van der Waals surface area contributed by atoms with E-state index < -0.39 is 11.3 Å². The summed E-state index contributed by atoms with van der Waals surface area (Å²) in [6.45, 7) is 4.94. The fourth-order valence-electron chi connectivity index (χ4n) is 0.444. The van der Waals surface area contributed by atoms with Crippen molar-refractivity contribution in [1.82, 2.24) is 4.31 Å². The Kier molecular flexibility index (Phi) is 4.03. The second kappa shape index (κ2) is 4.00. The van der Waals surface area contributed by atoms with Crippen molar-refractivity contribution in [2.45, 2.75) is 13.8 Å². The maximum absolute atomic E-state index is 10.2. The molecule has 0 saturated heterocycles. The van der Waals surface area contributed by atoms with Crippen LogP contribution in [0.1, 0.15) is 13.8 Å². The monoisotopic (exact) mass is 137 g/mol. The molecule has 0 heterocycles. The largest absolute Gasteiger partial charge is 0.294 e. The van der Waals surface area contributed by atoms with Crippen LogP contribution in [0.4, 0.5) is 0 Å². The van der Waals surface area contributed by atoms with E-state index in [0.29, 0.717) is 13.1 Å². The highest BCUT2D eigenvalue weighted by molar-refractivity contribution is 7.76. The van der Waals surface area contributed by atoms with Gasteiger partial charge in [-0.25, -0.2) is 8.51 Å². The molecule has 3 nitrogen and oxygen atoms in total. The smallest absolute Gasteiger partial charge is 0.234 e. The highest BCUT2D eigenvalue weighted by atomic mass is 32.2. The third kappa shape index (κ3) is 2.40. The fourth-order valence-corrected chi connectivity index (χ4v) is 0.886. The summed E-state index contributed by atoms with van der Waals surface area (Å²) in [6.07, 6.45) is 0. The summed E-state index contributed by atoms with van der Waals surface area (Å²) in [4.78, 5) is 0. The lowest BCUT2D eigenvalue weighted by atomic mass is 10.7. The van der Waals surface area contributed by atoms with E-state index >= 15 is 0 Å². The van der Waals surface area contributed by atoms with Crippen molar-refractivity contribution in [1.29, 1.82) is 0 Å². The number of hydrogen-bond acceptors (Lipinski definition) is 1. The van der Waals surface area contributed by atoms with Crippen molar-refractivity contribution in [3.05, 3.63) is 0 Å². The first-order valence-corrected chi connectivity index (χ1v) is 3.64. The first-order chi connectivity index (χ1) is 3.72. The zero-order valence-corrected chi connectivity index (χ0v) is 5.94. The Balaban J connectivity index is 3.52. The summed E-state index contributed by atoms with van der Waals surface area (Å²) in [5, 5.41) is 0. The zero-order chi connectivity index (χ0) is 6.57. The third-order valence-corrected chi connectivity index (χ3v) is 1.88. The van der Waals surface area contributed by atoms with Gasteiger partial charge in [-0.3, -0.25) is 4.55 Å². The molecule has 0 amide bonds. The SMILES string of the molecule is CCN(CC)S(=O)O. The number of hydrogen-bond donors (Lipinski definition) is 1. The number of nitrogens with zero attached hydrogens (tertiary/aromatic N) is 1. The van der Waals surface area contributed by atoms with Gasteiger partial charge in [0.15, 0.2) is 0 Å². The highest BCUT2D eigenvalue weighted by Gasteiger charge is 2.01. The summed E-state index contributed by atoms with van der Waals surface area (Å²) in [7, 11) is 0. The fraction of sp³-hybridized carbons (Fsp3) is 1.00. The molecule has 0 aliphatic carbocycles. The Morgan fingerprint density at radius 1 is 1.50 bits per heavy atom. The van der Waals surface area contributed by atoms with Crippen LogP contribution < -0.4 is 0 Å².